The van der Waals surface area contributed by atoms with Gasteiger partial charge in [0.05, 0.1) is 13.5 Å². The van der Waals surface area contributed by atoms with Crippen molar-refractivity contribution in [2.75, 3.05) is 13.7 Å². The second kappa shape index (κ2) is 6.60. The molecule has 3 nitrogen and oxygen atoms in total. The van der Waals surface area contributed by atoms with E-state index in [1.165, 1.54) is 19.2 Å². The number of nitrogens with one attached hydrogen (secondary N) is 1. The van der Waals surface area contributed by atoms with Crippen molar-refractivity contribution < 1.29 is 13.9 Å². The molecule has 0 aromatic heterocycles. The Morgan fingerprint density at radius 1 is 1.56 bits per heavy atom. The second-order valence-electron chi connectivity index (χ2n) is 3.24. The van der Waals surface area contributed by atoms with Crippen LogP contribution in [0.15, 0.2) is 22.7 Å². The Labute approximate surface area is 102 Å². The Bertz CT molecular complexity index is 371. The predicted molar refractivity (Wildman–Crippen MR) is 62.4 cm³/mol. The van der Waals surface area contributed by atoms with E-state index < -0.39 is 0 Å². The van der Waals surface area contributed by atoms with E-state index in [9.17, 15) is 9.18 Å². The van der Waals surface area contributed by atoms with Gasteiger partial charge in [-0.3, -0.25) is 4.79 Å². The van der Waals surface area contributed by atoms with Crippen molar-refractivity contribution in [3.8, 4) is 0 Å². The minimum Gasteiger partial charge on any atom is -0.469 e. The molecule has 5 heteroatoms. The summed E-state index contributed by atoms with van der Waals surface area (Å²) in [4.78, 5) is 10.8. The van der Waals surface area contributed by atoms with Gasteiger partial charge in [0.1, 0.15) is 5.82 Å². The van der Waals surface area contributed by atoms with Crippen molar-refractivity contribution in [2.45, 2.75) is 13.0 Å². The molecule has 0 bridgehead atoms. The summed E-state index contributed by atoms with van der Waals surface area (Å²) in [5.74, 6) is -0.529. The molecule has 1 rings (SSSR count). The zero-order valence-electron chi connectivity index (χ0n) is 8.93. The molecule has 88 valence electrons. The number of hydrogen-bond donors (Lipinski definition) is 1. The van der Waals surface area contributed by atoms with Gasteiger partial charge in [0.2, 0.25) is 0 Å². The maximum absolute atomic E-state index is 12.9. The van der Waals surface area contributed by atoms with Gasteiger partial charge in [0, 0.05) is 17.6 Å². The van der Waals surface area contributed by atoms with Crippen LogP contribution in [0.4, 0.5) is 4.39 Å². The fourth-order valence-electron chi connectivity index (χ4n) is 1.19. The van der Waals surface area contributed by atoms with Crippen molar-refractivity contribution in [2.24, 2.45) is 0 Å². The van der Waals surface area contributed by atoms with Crippen LogP contribution in [0.2, 0.25) is 0 Å². The number of carbonyl (C=O) groups excluding carboxylic acids is 1. The van der Waals surface area contributed by atoms with Crippen LogP contribution in [-0.2, 0) is 16.1 Å². The average molecular weight is 290 g/mol. The molecule has 0 spiro atoms. The van der Waals surface area contributed by atoms with Crippen molar-refractivity contribution in [3.05, 3.63) is 34.1 Å². The Morgan fingerprint density at radius 3 is 3.00 bits per heavy atom. The highest BCUT2D eigenvalue weighted by Gasteiger charge is 2.02. The number of hydrogen-bond acceptors (Lipinski definition) is 3. The summed E-state index contributed by atoms with van der Waals surface area (Å²) in [6, 6.07) is 4.50. The van der Waals surface area contributed by atoms with Gasteiger partial charge in [-0.1, -0.05) is 15.9 Å². The maximum Gasteiger partial charge on any atom is 0.306 e. The number of carbonyl (C=O) groups is 1. The largest absolute Gasteiger partial charge is 0.469 e. The van der Waals surface area contributed by atoms with Crippen molar-refractivity contribution in [1.82, 2.24) is 5.32 Å². The fraction of sp³-hybridized carbons (Fsp3) is 0.364. The quantitative estimate of drug-likeness (QED) is 0.667. The Morgan fingerprint density at radius 2 is 2.31 bits per heavy atom. The third kappa shape index (κ3) is 4.28. The van der Waals surface area contributed by atoms with Gasteiger partial charge in [0.15, 0.2) is 0 Å². The van der Waals surface area contributed by atoms with E-state index in [-0.39, 0.29) is 11.8 Å². The molecule has 0 saturated heterocycles. The number of rotatable bonds is 5. The van der Waals surface area contributed by atoms with E-state index in [1.807, 2.05) is 0 Å². The van der Waals surface area contributed by atoms with Crippen LogP contribution < -0.4 is 5.32 Å². The van der Waals surface area contributed by atoms with Gasteiger partial charge in [-0.2, -0.15) is 0 Å². The minimum atomic E-state index is -0.270. The number of halogens is 2. The van der Waals surface area contributed by atoms with Crippen molar-refractivity contribution in [1.29, 1.82) is 0 Å². The molecule has 1 N–H and O–H groups in total. The smallest absolute Gasteiger partial charge is 0.306 e. The summed E-state index contributed by atoms with van der Waals surface area (Å²) in [6.45, 7) is 1.02. The Kier molecular flexibility index (Phi) is 5.42. The Hall–Kier alpha value is -0.940. The zero-order chi connectivity index (χ0) is 12.0. The summed E-state index contributed by atoms with van der Waals surface area (Å²) in [5, 5.41) is 3.04. The molecule has 16 heavy (non-hydrogen) atoms. The van der Waals surface area contributed by atoms with E-state index in [0.717, 1.165) is 10.0 Å². The van der Waals surface area contributed by atoms with Crippen LogP contribution in [0, 0.1) is 5.82 Å². The van der Waals surface area contributed by atoms with Gasteiger partial charge in [-0.15, -0.1) is 0 Å². The maximum atomic E-state index is 12.9. The Balaban J connectivity index is 2.37. The van der Waals surface area contributed by atoms with E-state index in [1.54, 1.807) is 6.07 Å². The second-order valence-corrected chi connectivity index (χ2v) is 4.09. The SMILES string of the molecule is COC(=O)CCNCc1cc(F)ccc1Br. The highest BCUT2D eigenvalue weighted by atomic mass is 79.9. The van der Waals surface area contributed by atoms with Crippen LogP contribution in [0.25, 0.3) is 0 Å². The van der Waals surface area contributed by atoms with Gasteiger partial charge >= 0.3 is 5.97 Å². The number of ether oxygens (including phenoxy) is 1. The summed E-state index contributed by atoms with van der Waals surface area (Å²) < 4.78 is 18.3. The molecule has 0 unspecified atom stereocenters. The lowest BCUT2D eigenvalue weighted by Crippen LogP contribution is -2.18. The van der Waals surface area contributed by atoms with E-state index in [4.69, 9.17) is 0 Å². The first-order chi connectivity index (χ1) is 7.63. The molecule has 0 atom stereocenters. The molecule has 1 aromatic rings. The first kappa shape index (κ1) is 13.1. The molecular weight excluding hydrogens is 277 g/mol. The lowest BCUT2D eigenvalue weighted by atomic mass is 10.2. The van der Waals surface area contributed by atoms with E-state index in [0.29, 0.717) is 19.5 Å². The van der Waals surface area contributed by atoms with Crippen LogP contribution in [-0.4, -0.2) is 19.6 Å². The van der Waals surface area contributed by atoms with Gasteiger partial charge in [0.25, 0.3) is 0 Å². The molecule has 0 aliphatic heterocycles. The third-order valence-electron chi connectivity index (χ3n) is 2.06. The first-order valence-corrected chi connectivity index (χ1v) is 5.64. The molecule has 1 aromatic carbocycles. The lowest BCUT2D eigenvalue weighted by molar-refractivity contribution is -0.140. The van der Waals surface area contributed by atoms with Crippen molar-refractivity contribution >= 4 is 21.9 Å². The molecule has 0 heterocycles. The highest BCUT2D eigenvalue weighted by Crippen LogP contribution is 2.17. The summed E-state index contributed by atoms with van der Waals surface area (Å²) >= 11 is 3.33. The summed E-state index contributed by atoms with van der Waals surface area (Å²) in [7, 11) is 1.35. The monoisotopic (exact) mass is 289 g/mol. The van der Waals surface area contributed by atoms with Crippen molar-refractivity contribution in [3.63, 3.8) is 0 Å². The lowest BCUT2D eigenvalue weighted by Gasteiger charge is -2.06. The summed E-state index contributed by atoms with van der Waals surface area (Å²) in [5.41, 5.74) is 0.824. The number of esters is 1. The first-order valence-electron chi connectivity index (χ1n) is 4.85. The van der Waals surface area contributed by atoms with Crippen LogP contribution >= 0.6 is 15.9 Å². The third-order valence-corrected chi connectivity index (χ3v) is 2.83. The van der Waals surface area contributed by atoms with Gasteiger partial charge in [-0.05, 0) is 23.8 Å². The van der Waals surface area contributed by atoms with Gasteiger partial charge < -0.3 is 10.1 Å². The highest BCUT2D eigenvalue weighted by molar-refractivity contribution is 9.10. The van der Waals surface area contributed by atoms with Crippen LogP contribution in [0.1, 0.15) is 12.0 Å². The molecule has 0 aliphatic rings. The number of methoxy groups -OCH3 is 1. The van der Waals surface area contributed by atoms with E-state index in [2.05, 4.69) is 26.0 Å². The van der Waals surface area contributed by atoms with Gasteiger partial charge in [-0.25, -0.2) is 4.39 Å². The summed E-state index contributed by atoms with van der Waals surface area (Å²) in [6.07, 6.45) is 0.309. The molecule has 0 fully saturated rings. The molecular formula is C11H13BrFNO2. The molecule has 0 radical (unpaired) electrons. The van der Waals surface area contributed by atoms with E-state index >= 15 is 0 Å². The zero-order valence-corrected chi connectivity index (χ0v) is 10.5. The molecule has 0 amide bonds. The minimum absolute atomic E-state index is 0.259. The topological polar surface area (TPSA) is 38.3 Å². The van der Waals surface area contributed by atoms with Crippen LogP contribution in [0.3, 0.4) is 0 Å². The number of benzene rings is 1. The van der Waals surface area contributed by atoms with Crippen LogP contribution in [0.5, 0.6) is 0 Å². The fourth-order valence-corrected chi connectivity index (χ4v) is 1.58. The predicted octanol–water partition coefficient (Wildman–Crippen LogP) is 2.24. The molecule has 0 aliphatic carbocycles. The average Bonchev–Trinajstić information content (AvgIpc) is 2.28. The molecule has 0 saturated carbocycles. The normalized spacial score (nSPS) is 10.2. The standard InChI is InChI=1S/C11H13BrFNO2/c1-16-11(15)4-5-14-7-8-6-9(13)2-3-10(8)12/h2-3,6,14H,4-5,7H2,1H3.